The third-order valence-corrected chi connectivity index (χ3v) is 0.371. The van der Waals surface area contributed by atoms with Crippen LogP contribution in [-0.4, -0.2) is 10.5 Å². The molecule has 8 heavy (non-hydrogen) atoms. The van der Waals surface area contributed by atoms with Gasteiger partial charge in [-0.2, -0.15) is 0 Å². The molecule has 0 amide bonds. The van der Waals surface area contributed by atoms with Crippen LogP contribution >= 0.6 is 34.8 Å². The lowest BCUT2D eigenvalue weighted by Crippen LogP contribution is -2.08. The molecule has 0 saturated heterocycles. The standard InChI is InChI=1S/C2HCl3O3/c3-2(4,5)8-7-1-6/h1H. The van der Waals surface area contributed by atoms with Gasteiger partial charge >= 0.3 is 10.5 Å². The van der Waals surface area contributed by atoms with Crippen LogP contribution in [0, 0.1) is 0 Å². The second-order valence-electron chi connectivity index (χ2n) is 0.722. The van der Waals surface area contributed by atoms with Gasteiger partial charge in [0.25, 0.3) is 0 Å². The molecule has 0 aliphatic carbocycles. The molecule has 0 bridgehead atoms. The van der Waals surface area contributed by atoms with Gasteiger partial charge in [0.1, 0.15) is 0 Å². The van der Waals surface area contributed by atoms with Crippen LogP contribution in [0.15, 0.2) is 0 Å². The van der Waals surface area contributed by atoms with E-state index in [1.54, 1.807) is 0 Å². The van der Waals surface area contributed by atoms with Crippen LogP contribution in [0.5, 0.6) is 0 Å². The predicted molar refractivity (Wildman–Crippen MR) is 28.5 cm³/mol. The monoisotopic (exact) mass is 178 g/mol. The van der Waals surface area contributed by atoms with Gasteiger partial charge in [-0.05, 0) is 34.8 Å². The SMILES string of the molecule is O=COOC(Cl)(Cl)Cl. The Bertz CT molecular complexity index is 77.1. The molecule has 0 spiro atoms. The number of hydrogen-bond donors (Lipinski definition) is 0. The summed E-state index contributed by atoms with van der Waals surface area (Å²) in [6.07, 6.45) is 0. The Morgan fingerprint density at radius 1 is 1.38 bits per heavy atom. The number of rotatable bonds is 2. The summed E-state index contributed by atoms with van der Waals surface area (Å²) >= 11 is 14.8. The van der Waals surface area contributed by atoms with E-state index in [2.05, 4.69) is 9.78 Å². The molecule has 0 aliphatic heterocycles. The van der Waals surface area contributed by atoms with Crippen LogP contribution < -0.4 is 0 Å². The Labute approximate surface area is 60.3 Å². The van der Waals surface area contributed by atoms with E-state index in [1.165, 1.54) is 0 Å². The van der Waals surface area contributed by atoms with Crippen molar-refractivity contribution in [3.8, 4) is 0 Å². The molecule has 3 nitrogen and oxygen atoms in total. The molecular formula is C2HCl3O3. The Kier molecular flexibility index (Phi) is 3.48. The molecule has 0 aromatic carbocycles. The predicted octanol–water partition coefficient (Wildman–Crippen LogP) is 1.42. The maximum absolute atomic E-state index is 9.33. The highest BCUT2D eigenvalue weighted by molar-refractivity contribution is 6.66. The highest BCUT2D eigenvalue weighted by atomic mass is 35.6. The maximum atomic E-state index is 9.33. The average molecular weight is 179 g/mol. The normalized spacial score (nSPS) is 10.9. The first kappa shape index (κ1) is 8.30. The molecular weight excluding hydrogens is 178 g/mol. The van der Waals surface area contributed by atoms with Crippen LogP contribution in [0.2, 0.25) is 0 Å². The molecule has 0 atom stereocenters. The summed E-state index contributed by atoms with van der Waals surface area (Å²) in [5.41, 5.74) is 0. The van der Waals surface area contributed by atoms with Gasteiger partial charge in [-0.1, -0.05) is 0 Å². The van der Waals surface area contributed by atoms with E-state index in [-0.39, 0.29) is 6.47 Å². The fourth-order valence-corrected chi connectivity index (χ4v) is 0.183. The summed E-state index contributed by atoms with van der Waals surface area (Å²) < 4.78 is -1.99. The molecule has 0 aromatic heterocycles. The summed E-state index contributed by atoms with van der Waals surface area (Å²) in [6.45, 7) is 0.00188. The Morgan fingerprint density at radius 2 is 1.88 bits per heavy atom. The van der Waals surface area contributed by atoms with Gasteiger partial charge in [0.15, 0.2) is 0 Å². The van der Waals surface area contributed by atoms with Gasteiger partial charge in [0, 0.05) is 0 Å². The van der Waals surface area contributed by atoms with Gasteiger partial charge < -0.3 is 0 Å². The van der Waals surface area contributed by atoms with Crippen LogP contribution in [0.4, 0.5) is 0 Å². The van der Waals surface area contributed by atoms with Gasteiger partial charge in [0.05, 0.1) is 0 Å². The minimum atomic E-state index is -1.99. The van der Waals surface area contributed by atoms with Gasteiger partial charge in [-0.3, -0.25) is 9.68 Å². The van der Waals surface area contributed by atoms with Crippen molar-refractivity contribution in [3.05, 3.63) is 0 Å². The third-order valence-electron chi connectivity index (χ3n) is 0.182. The van der Waals surface area contributed by atoms with Crippen molar-refractivity contribution >= 4 is 41.3 Å². The van der Waals surface area contributed by atoms with Crippen LogP contribution in [0.25, 0.3) is 0 Å². The molecule has 0 radical (unpaired) electrons. The lowest BCUT2D eigenvalue weighted by atomic mass is 11.6. The lowest BCUT2D eigenvalue weighted by Gasteiger charge is -2.05. The van der Waals surface area contributed by atoms with Crippen LogP contribution in [0.3, 0.4) is 0 Å². The van der Waals surface area contributed by atoms with E-state index >= 15 is 0 Å². The van der Waals surface area contributed by atoms with Gasteiger partial charge in [-0.25, -0.2) is 0 Å². The van der Waals surface area contributed by atoms with E-state index < -0.39 is 3.98 Å². The van der Waals surface area contributed by atoms with Gasteiger partial charge in [-0.15, -0.1) is 4.89 Å². The minimum Gasteiger partial charge on any atom is -0.297 e. The lowest BCUT2D eigenvalue weighted by molar-refractivity contribution is -0.263. The first-order valence-corrected chi connectivity index (χ1v) is 2.54. The highest BCUT2D eigenvalue weighted by Crippen LogP contribution is 2.26. The second kappa shape index (κ2) is 3.35. The molecule has 0 aliphatic rings. The molecule has 0 heterocycles. The van der Waals surface area contributed by atoms with Crippen molar-refractivity contribution in [3.63, 3.8) is 0 Å². The van der Waals surface area contributed by atoms with Gasteiger partial charge in [0.2, 0.25) is 0 Å². The molecule has 0 rings (SSSR count). The van der Waals surface area contributed by atoms with Crippen molar-refractivity contribution in [2.75, 3.05) is 0 Å². The van der Waals surface area contributed by atoms with Crippen molar-refractivity contribution in [2.24, 2.45) is 0 Å². The van der Waals surface area contributed by atoms with Crippen LogP contribution in [-0.2, 0) is 14.6 Å². The number of hydrogen-bond acceptors (Lipinski definition) is 3. The largest absolute Gasteiger partial charge is 0.337 e. The van der Waals surface area contributed by atoms with E-state index in [4.69, 9.17) is 34.8 Å². The fourth-order valence-electron chi connectivity index (χ4n) is 0.0742. The molecule has 6 heteroatoms. The summed E-state index contributed by atoms with van der Waals surface area (Å²) in [6, 6.07) is 0. The molecule has 0 fully saturated rings. The molecule has 48 valence electrons. The Balaban J connectivity index is 3.24. The summed E-state index contributed by atoms with van der Waals surface area (Å²) in [5.74, 6) is 0. The number of halogens is 3. The number of alkyl halides is 3. The minimum absolute atomic E-state index is 0.00188. The third kappa shape index (κ3) is 6.30. The highest BCUT2D eigenvalue weighted by Gasteiger charge is 2.22. The summed E-state index contributed by atoms with van der Waals surface area (Å²) in [4.78, 5) is 16.8. The zero-order valence-corrected chi connectivity index (χ0v) is 5.70. The maximum Gasteiger partial charge on any atom is 0.337 e. The van der Waals surface area contributed by atoms with E-state index in [9.17, 15) is 4.79 Å². The van der Waals surface area contributed by atoms with Crippen molar-refractivity contribution in [1.29, 1.82) is 0 Å². The molecule has 0 aromatic rings. The topological polar surface area (TPSA) is 35.5 Å². The molecule has 0 N–H and O–H groups in total. The van der Waals surface area contributed by atoms with Crippen molar-refractivity contribution in [1.82, 2.24) is 0 Å². The first-order chi connectivity index (χ1) is 3.56. The zero-order valence-electron chi connectivity index (χ0n) is 3.44. The average Bonchev–Trinajstić information content (AvgIpc) is 1.59. The van der Waals surface area contributed by atoms with Crippen molar-refractivity contribution in [2.45, 2.75) is 3.98 Å². The number of carbonyl (C=O) groups is 1. The second-order valence-corrected chi connectivity index (χ2v) is 2.90. The Hall–Kier alpha value is 0.300. The van der Waals surface area contributed by atoms with Crippen LogP contribution in [0.1, 0.15) is 0 Å². The molecule has 0 saturated carbocycles. The summed E-state index contributed by atoms with van der Waals surface area (Å²) in [5, 5.41) is 0. The molecule has 0 unspecified atom stereocenters. The number of carbonyl (C=O) groups excluding carboxylic acids is 1. The van der Waals surface area contributed by atoms with E-state index in [0.717, 1.165) is 0 Å². The Morgan fingerprint density at radius 3 is 2.00 bits per heavy atom. The van der Waals surface area contributed by atoms with E-state index in [1.807, 2.05) is 0 Å². The van der Waals surface area contributed by atoms with E-state index in [0.29, 0.717) is 0 Å². The smallest absolute Gasteiger partial charge is 0.297 e. The van der Waals surface area contributed by atoms with Crippen molar-refractivity contribution < 1.29 is 14.6 Å². The zero-order chi connectivity index (χ0) is 6.62. The fraction of sp³-hybridized carbons (Fsp3) is 0.500. The first-order valence-electron chi connectivity index (χ1n) is 1.41. The quantitative estimate of drug-likeness (QED) is 0.278. The summed E-state index contributed by atoms with van der Waals surface area (Å²) in [7, 11) is 0.